The highest BCUT2D eigenvalue weighted by atomic mass is 32.2. The SMILES string of the molecule is C=C[C@H](C)N1C(=O)S/C(=C\c2cc(C)n(-c3ccccn3)c2C)C1=O. The van der Waals surface area contributed by atoms with Crippen LogP contribution in [-0.2, 0) is 4.79 Å². The van der Waals surface area contributed by atoms with Crippen molar-refractivity contribution in [3.05, 3.63) is 65.0 Å². The molecule has 0 aromatic carbocycles. The Labute approximate surface area is 151 Å². The van der Waals surface area contributed by atoms with Gasteiger partial charge in [0, 0.05) is 17.6 Å². The maximum absolute atomic E-state index is 12.5. The number of aryl methyl sites for hydroxylation is 1. The smallest absolute Gasteiger partial charge is 0.294 e. The quantitative estimate of drug-likeness (QED) is 0.613. The Morgan fingerprint density at radius 3 is 2.68 bits per heavy atom. The first-order valence-corrected chi connectivity index (χ1v) is 8.75. The molecule has 3 heterocycles. The lowest BCUT2D eigenvalue weighted by molar-refractivity contribution is -0.123. The molecule has 5 nitrogen and oxygen atoms in total. The molecule has 0 aliphatic carbocycles. The van der Waals surface area contributed by atoms with Crippen LogP contribution in [0.4, 0.5) is 4.79 Å². The highest BCUT2D eigenvalue weighted by molar-refractivity contribution is 8.18. The van der Waals surface area contributed by atoms with Crippen molar-refractivity contribution in [2.24, 2.45) is 0 Å². The molecule has 1 fully saturated rings. The Bertz CT molecular complexity index is 884. The van der Waals surface area contributed by atoms with E-state index in [1.54, 1.807) is 25.3 Å². The zero-order valence-corrected chi connectivity index (χ0v) is 15.2. The van der Waals surface area contributed by atoms with Gasteiger partial charge in [0.15, 0.2) is 0 Å². The first-order valence-electron chi connectivity index (χ1n) is 7.94. The second-order valence-corrected chi connectivity index (χ2v) is 6.87. The highest BCUT2D eigenvalue weighted by Gasteiger charge is 2.37. The summed E-state index contributed by atoms with van der Waals surface area (Å²) in [5.74, 6) is 0.551. The van der Waals surface area contributed by atoms with E-state index in [-0.39, 0.29) is 17.2 Å². The van der Waals surface area contributed by atoms with Gasteiger partial charge in [0.2, 0.25) is 0 Å². The Balaban J connectivity index is 1.99. The van der Waals surface area contributed by atoms with Gasteiger partial charge >= 0.3 is 0 Å². The molecule has 1 aliphatic rings. The molecule has 1 aliphatic heterocycles. The lowest BCUT2D eigenvalue weighted by Gasteiger charge is -2.17. The number of thioether (sulfide) groups is 1. The number of hydrogen-bond donors (Lipinski definition) is 0. The third-order valence-electron chi connectivity index (χ3n) is 4.21. The average Bonchev–Trinajstić information content (AvgIpc) is 3.03. The first kappa shape index (κ1) is 17.2. The second-order valence-electron chi connectivity index (χ2n) is 5.88. The van der Waals surface area contributed by atoms with Gasteiger partial charge in [-0.2, -0.15) is 0 Å². The number of hydrogen-bond acceptors (Lipinski definition) is 4. The van der Waals surface area contributed by atoms with Crippen LogP contribution in [0, 0.1) is 13.8 Å². The Morgan fingerprint density at radius 2 is 2.04 bits per heavy atom. The van der Waals surface area contributed by atoms with E-state index in [4.69, 9.17) is 0 Å². The molecule has 0 unspecified atom stereocenters. The van der Waals surface area contributed by atoms with Crippen LogP contribution < -0.4 is 0 Å². The maximum atomic E-state index is 12.5. The minimum Gasteiger partial charge on any atom is -0.303 e. The van der Waals surface area contributed by atoms with E-state index in [9.17, 15) is 9.59 Å². The number of aromatic nitrogens is 2. The highest BCUT2D eigenvalue weighted by Crippen LogP contribution is 2.34. The normalized spacial score (nSPS) is 17.4. The van der Waals surface area contributed by atoms with Crippen LogP contribution in [0.5, 0.6) is 0 Å². The average molecular weight is 353 g/mol. The van der Waals surface area contributed by atoms with E-state index in [0.717, 1.165) is 34.5 Å². The molecule has 1 saturated heterocycles. The molecule has 6 heteroatoms. The monoisotopic (exact) mass is 353 g/mol. The van der Waals surface area contributed by atoms with E-state index in [0.29, 0.717) is 4.91 Å². The van der Waals surface area contributed by atoms with Crippen LogP contribution in [-0.4, -0.2) is 31.6 Å². The molecular weight excluding hydrogens is 334 g/mol. The predicted molar refractivity (Wildman–Crippen MR) is 101 cm³/mol. The van der Waals surface area contributed by atoms with Gasteiger partial charge in [-0.05, 0) is 62.4 Å². The van der Waals surface area contributed by atoms with Gasteiger partial charge in [0.1, 0.15) is 5.82 Å². The fourth-order valence-electron chi connectivity index (χ4n) is 2.85. The van der Waals surface area contributed by atoms with Gasteiger partial charge in [-0.25, -0.2) is 4.98 Å². The van der Waals surface area contributed by atoms with Crippen LogP contribution >= 0.6 is 11.8 Å². The molecule has 0 saturated carbocycles. The van der Waals surface area contributed by atoms with Crippen molar-refractivity contribution in [3.63, 3.8) is 0 Å². The fourth-order valence-corrected chi connectivity index (χ4v) is 3.76. The predicted octanol–water partition coefficient (Wildman–Crippen LogP) is 4.10. The van der Waals surface area contributed by atoms with Gasteiger partial charge in [-0.1, -0.05) is 12.1 Å². The summed E-state index contributed by atoms with van der Waals surface area (Å²) in [7, 11) is 0. The fraction of sp³-hybridized carbons (Fsp3) is 0.211. The van der Waals surface area contributed by atoms with Crippen molar-refractivity contribution < 1.29 is 9.59 Å². The van der Waals surface area contributed by atoms with E-state index in [2.05, 4.69) is 11.6 Å². The molecule has 2 aromatic heterocycles. The molecule has 0 bridgehead atoms. The summed E-state index contributed by atoms with van der Waals surface area (Å²) in [5.41, 5.74) is 2.89. The number of carbonyl (C=O) groups is 2. The van der Waals surface area contributed by atoms with Gasteiger partial charge in [0.05, 0.1) is 10.9 Å². The molecular formula is C19H19N3O2S. The second kappa shape index (κ2) is 6.72. The van der Waals surface area contributed by atoms with Gasteiger partial charge in [-0.15, -0.1) is 6.58 Å². The van der Waals surface area contributed by atoms with Gasteiger partial charge in [0.25, 0.3) is 11.1 Å². The van der Waals surface area contributed by atoms with E-state index >= 15 is 0 Å². The van der Waals surface area contributed by atoms with Crippen LogP contribution in [0.3, 0.4) is 0 Å². The van der Waals surface area contributed by atoms with E-state index in [1.165, 1.54) is 4.90 Å². The van der Waals surface area contributed by atoms with Crippen molar-refractivity contribution in [1.29, 1.82) is 0 Å². The summed E-state index contributed by atoms with van der Waals surface area (Å²) < 4.78 is 2.03. The third-order valence-corrected chi connectivity index (χ3v) is 5.09. The summed E-state index contributed by atoms with van der Waals surface area (Å²) in [4.78, 5) is 30.7. The Morgan fingerprint density at radius 1 is 1.28 bits per heavy atom. The number of pyridine rings is 1. The van der Waals surface area contributed by atoms with Crippen molar-refractivity contribution in [2.45, 2.75) is 26.8 Å². The molecule has 0 spiro atoms. The summed E-state index contributed by atoms with van der Waals surface area (Å²) in [6.45, 7) is 9.40. The lowest BCUT2D eigenvalue weighted by atomic mass is 10.2. The third kappa shape index (κ3) is 3.05. The minimum absolute atomic E-state index is 0.262. The van der Waals surface area contributed by atoms with Crippen molar-refractivity contribution in [1.82, 2.24) is 14.5 Å². The molecule has 2 amide bonds. The number of rotatable bonds is 4. The summed E-state index contributed by atoms with van der Waals surface area (Å²) in [5, 5.41) is -0.262. The zero-order chi connectivity index (χ0) is 18.1. The number of nitrogens with zero attached hydrogens (tertiary/aromatic N) is 3. The largest absolute Gasteiger partial charge is 0.303 e. The number of amides is 2. The molecule has 25 heavy (non-hydrogen) atoms. The van der Waals surface area contributed by atoms with Crippen LogP contribution in [0.25, 0.3) is 11.9 Å². The number of imide groups is 1. The summed E-state index contributed by atoms with van der Waals surface area (Å²) in [6.07, 6.45) is 5.12. The summed E-state index contributed by atoms with van der Waals surface area (Å²) in [6, 6.07) is 7.41. The van der Waals surface area contributed by atoms with Crippen molar-refractivity contribution >= 4 is 29.0 Å². The van der Waals surface area contributed by atoms with Crippen LogP contribution in [0.2, 0.25) is 0 Å². The van der Waals surface area contributed by atoms with Gasteiger partial charge < -0.3 is 4.57 Å². The summed E-state index contributed by atoms with van der Waals surface area (Å²) >= 11 is 0.966. The van der Waals surface area contributed by atoms with Crippen LogP contribution in [0.15, 0.2) is 48.0 Å². The zero-order valence-electron chi connectivity index (χ0n) is 14.4. The molecule has 0 radical (unpaired) electrons. The van der Waals surface area contributed by atoms with E-state index in [1.807, 2.05) is 42.7 Å². The molecule has 3 rings (SSSR count). The molecule has 0 N–H and O–H groups in total. The number of carbonyl (C=O) groups excluding carboxylic acids is 2. The minimum atomic E-state index is -0.320. The van der Waals surface area contributed by atoms with Crippen molar-refractivity contribution in [2.75, 3.05) is 0 Å². The Kier molecular flexibility index (Phi) is 4.63. The van der Waals surface area contributed by atoms with Crippen molar-refractivity contribution in [3.8, 4) is 5.82 Å². The van der Waals surface area contributed by atoms with Crippen LogP contribution in [0.1, 0.15) is 23.9 Å². The Hall–Kier alpha value is -2.60. The van der Waals surface area contributed by atoms with E-state index < -0.39 is 0 Å². The topological polar surface area (TPSA) is 55.2 Å². The molecule has 2 aromatic rings. The lowest BCUT2D eigenvalue weighted by Crippen LogP contribution is -2.35. The molecule has 128 valence electrons. The maximum Gasteiger partial charge on any atom is 0.294 e. The van der Waals surface area contributed by atoms with Gasteiger partial charge in [-0.3, -0.25) is 14.5 Å². The first-order chi connectivity index (χ1) is 11.9. The molecule has 1 atom stereocenters. The standard InChI is InChI=1S/C19H19N3O2S/c1-5-12(2)22-18(23)16(25-19(22)24)11-15-10-13(3)21(14(15)4)17-8-6-7-9-20-17/h5-12H,1H2,2-4H3/b16-11-/t12-/m0/s1.